The zero-order valence-corrected chi connectivity index (χ0v) is 15.6. The molecule has 1 aromatic carbocycles. The van der Waals surface area contributed by atoms with E-state index in [9.17, 15) is 18.0 Å². The van der Waals surface area contributed by atoms with Crippen molar-refractivity contribution in [3.8, 4) is 11.5 Å². The Morgan fingerprint density at radius 1 is 1.24 bits per heavy atom. The normalized spacial score (nSPS) is 15.6. The van der Waals surface area contributed by atoms with Gasteiger partial charge in [0.2, 0.25) is 0 Å². The number of rotatable bonds is 4. The van der Waals surface area contributed by atoms with Crippen LogP contribution in [0.1, 0.15) is 20.8 Å². The van der Waals surface area contributed by atoms with E-state index in [1.165, 1.54) is 23.1 Å². The van der Waals surface area contributed by atoms with E-state index in [1.54, 1.807) is 20.8 Å². The molecule has 5 nitrogen and oxygen atoms in total. The Morgan fingerprint density at radius 2 is 1.88 bits per heavy atom. The summed E-state index contributed by atoms with van der Waals surface area (Å²) in [5.41, 5.74) is -0.571. The topological polar surface area (TPSA) is 48.0 Å². The number of ether oxygens (including phenoxy) is 3. The fourth-order valence-corrected chi connectivity index (χ4v) is 2.50. The third-order valence-electron chi connectivity index (χ3n) is 3.21. The molecule has 1 amide bonds. The van der Waals surface area contributed by atoms with Crippen LogP contribution >= 0.6 is 15.9 Å². The summed E-state index contributed by atoms with van der Waals surface area (Å²) < 4.78 is 52.5. The number of carbonyl (C=O) groups is 1. The number of halogens is 4. The summed E-state index contributed by atoms with van der Waals surface area (Å²) in [4.78, 5) is 13.3. The van der Waals surface area contributed by atoms with E-state index in [4.69, 9.17) is 9.47 Å². The average molecular weight is 426 g/mol. The zero-order chi connectivity index (χ0) is 18.8. The van der Waals surface area contributed by atoms with Crippen molar-refractivity contribution in [2.24, 2.45) is 5.92 Å². The van der Waals surface area contributed by atoms with Crippen LogP contribution in [-0.2, 0) is 4.74 Å². The molecule has 1 saturated heterocycles. The van der Waals surface area contributed by atoms with Gasteiger partial charge < -0.3 is 19.1 Å². The van der Waals surface area contributed by atoms with E-state index in [2.05, 4.69) is 20.7 Å². The van der Waals surface area contributed by atoms with Crippen molar-refractivity contribution >= 4 is 22.0 Å². The van der Waals surface area contributed by atoms with Gasteiger partial charge in [0.15, 0.2) is 11.5 Å². The Morgan fingerprint density at radius 3 is 2.44 bits per heavy atom. The number of benzene rings is 1. The summed E-state index contributed by atoms with van der Waals surface area (Å²) >= 11 is 3.18. The van der Waals surface area contributed by atoms with Crippen LogP contribution in [0.4, 0.5) is 18.0 Å². The molecular weight excluding hydrogens is 407 g/mol. The largest absolute Gasteiger partial charge is 0.573 e. The Bertz CT molecular complexity index is 625. The molecule has 0 aliphatic carbocycles. The first-order valence-corrected chi connectivity index (χ1v) is 8.38. The third kappa shape index (κ3) is 6.30. The van der Waals surface area contributed by atoms with Gasteiger partial charge in [-0.3, -0.25) is 0 Å². The van der Waals surface area contributed by atoms with Crippen LogP contribution in [0, 0.1) is 5.92 Å². The minimum absolute atomic E-state index is 0.0116. The SMILES string of the molecule is CC(C)(C)OC(=O)N1CC(COc2cc(Br)ccc2OC(F)(F)F)C1. The second-order valence-electron chi connectivity index (χ2n) is 6.70. The van der Waals surface area contributed by atoms with Gasteiger partial charge in [-0.1, -0.05) is 15.9 Å². The molecule has 9 heteroatoms. The van der Waals surface area contributed by atoms with Crippen LogP contribution in [0.25, 0.3) is 0 Å². The van der Waals surface area contributed by atoms with Gasteiger partial charge in [0.1, 0.15) is 5.60 Å². The van der Waals surface area contributed by atoms with Crippen molar-refractivity contribution in [2.45, 2.75) is 32.7 Å². The Hall–Kier alpha value is -1.64. The molecule has 1 heterocycles. The number of likely N-dealkylation sites (tertiary alicyclic amines) is 1. The highest BCUT2D eigenvalue weighted by Gasteiger charge is 2.35. The van der Waals surface area contributed by atoms with Crippen LogP contribution in [-0.4, -0.2) is 42.7 Å². The van der Waals surface area contributed by atoms with Gasteiger partial charge in [-0.05, 0) is 39.0 Å². The highest BCUT2D eigenvalue weighted by molar-refractivity contribution is 9.10. The molecular formula is C16H19BrF3NO4. The molecule has 0 bridgehead atoms. The minimum atomic E-state index is -4.80. The lowest BCUT2D eigenvalue weighted by Crippen LogP contribution is -2.53. The Labute approximate surface area is 152 Å². The van der Waals surface area contributed by atoms with Crippen LogP contribution in [0.15, 0.2) is 22.7 Å². The van der Waals surface area contributed by atoms with Crippen molar-refractivity contribution in [2.75, 3.05) is 19.7 Å². The van der Waals surface area contributed by atoms with Crippen molar-refractivity contribution in [3.05, 3.63) is 22.7 Å². The maximum absolute atomic E-state index is 12.4. The van der Waals surface area contributed by atoms with E-state index in [0.29, 0.717) is 17.6 Å². The van der Waals surface area contributed by atoms with Crippen molar-refractivity contribution in [1.82, 2.24) is 4.90 Å². The predicted molar refractivity (Wildman–Crippen MR) is 87.6 cm³/mol. The standard InChI is InChI=1S/C16H19BrF3NO4/c1-15(2,3)25-14(22)21-7-10(8-21)9-23-13-6-11(17)4-5-12(13)24-16(18,19)20/h4-6,10H,7-9H2,1-3H3. The molecule has 0 unspecified atom stereocenters. The molecule has 0 saturated carbocycles. The fraction of sp³-hybridized carbons (Fsp3) is 0.562. The molecule has 0 aromatic heterocycles. The van der Waals surface area contributed by atoms with Gasteiger partial charge in [0, 0.05) is 23.5 Å². The van der Waals surface area contributed by atoms with Crippen molar-refractivity contribution < 1.29 is 32.2 Å². The van der Waals surface area contributed by atoms with Crippen LogP contribution < -0.4 is 9.47 Å². The maximum atomic E-state index is 12.4. The number of nitrogens with zero attached hydrogens (tertiary/aromatic N) is 1. The van der Waals surface area contributed by atoms with Crippen LogP contribution in [0.2, 0.25) is 0 Å². The molecule has 1 aliphatic heterocycles. The molecule has 0 atom stereocenters. The highest BCUT2D eigenvalue weighted by Crippen LogP contribution is 2.35. The van der Waals surface area contributed by atoms with Gasteiger partial charge in [0.05, 0.1) is 6.61 Å². The molecule has 140 valence electrons. The molecule has 1 fully saturated rings. The number of hydrogen-bond donors (Lipinski definition) is 0. The first kappa shape index (κ1) is 19.7. The van der Waals surface area contributed by atoms with E-state index in [1.807, 2.05) is 0 Å². The number of carbonyl (C=O) groups excluding carboxylic acids is 1. The van der Waals surface area contributed by atoms with Gasteiger partial charge in [-0.2, -0.15) is 0 Å². The second kappa shape index (κ2) is 7.31. The summed E-state index contributed by atoms with van der Waals surface area (Å²) in [6.45, 7) is 6.36. The second-order valence-corrected chi connectivity index (χ2v) is 7.62. The minimum Gasteiger partial charge on any atom is -0.489 e. The van der Waals surface area contributed by atoms with Crippen LogP contribution in [0.5, 0.6) is 11.5 Å². The molecule has 25 heavy (non-hydrogen) atoms. The van der Waals surface area contributed by atoms with Crippen LogP contribution in [0.3, 0.4) is 0 Å². The Balaban J connectivity index is 1.87. The zero-order valence-electron chi connectivity index (χ0n) is 14.0. The lowest BCUT2D eigenvalue weighted by molar-refractivity contribution is -0.275. The maximum Gasteiger partial charge on any atom is 0.573 e. The van der Waals surface area contributed by atoms with Gasteiger partial charge >= 0.3 is 12.5 Å². The van der Waals surface area contributed by atoms with Gasteiger partial charge in [-0.25, -0.2) is 4.79 Å². The monoisotopic (exact) mass is 425 g/mol. The molecule has 2 rings (SSSR count). The number of hydrogen-bond acceptors (Lipinski definition) is 4. The first-order chi connectivity index (χ1) is 11.4. The number of amides is 1. The molecule has 1 aromatic rings. The quantitative estimate of drug-likeness (QED) is 0.707. The number of alkyl halides is 3. The summed E-state index contributed by atoms with van der Waals surface area (Å²) in [6.07, 6.45) is -5.21. The van der Waals surface area contributed by atoms with Gasteiger partial charge in [-0.15, -0.1) is 13.2 Å². The lowest BCUT2D eigenvalue weighted by Gasteiger charge is -2.39. The molecule has 0 N–H and O–H groups in total. The van der Waals surface area contributed by atoms with Crippen molar-refractivity contribution in [3.63, 3.8) is 0 Å². The smallest absolute Gasteiger partial charge is 0.489 e. The molecule has 0 spiro atoms. The lowest BCUT2D eigenvalue weighted by atomic mass is 10.0. The molecule has 0 radical (unpaired) electrons. The van der Waals surface area contributed by atoms with E-state index in [-0.39, 0.29) is 18.3 Å². The van der Waals surface area contributed by atoms with Gasteiger partial charge in [0.25, 0.3) is 0 Å². The van der Waals surface area contributed by atoms with E-state index in [0.717, 1.165) is 0 Å². The Kier molecular flexibility index (Phi) is 5.75. The van der Waals surface area contributed by atoms with E-state index >= 15 is 0 Å². The summed E-state index contributed by atoms with van der Waals surface area (Å²) in [6, 6.07) is 4.02. The summed E-state index contributed by atoms with van der Waals surface area (Å²) in [5, 5.41) is 0. The third-order valence-corrected chi connectivity index (χ3v) is 3.71. The first-order valence-electron chi connectivity index (χ1n) is 7.59. The molecule has 1 aliphatic rings. The van der Waals surface area contributed by atoms with E-state index < -0.39 is 23.8 Å². The summed E-state index contributed by atoms with van der Waals surface area (Å²) in [7, 11) is 0. The average Bonchev–Trinajstić information content (AvgIpc) is 2.36. The predicted octanol–water partition coefficient (Wildman–Crippen LogP) is 4.59. The fourth-order valence-electron chi connectivity index (χ4n) is 2.16. The summed E-state index contributed by atoms with van der Waals surface area (Å²) in [5.74, 6) is -0.397. The van der Waals surface area contributed by atoms with Crippen molar-refractivity contribution in [1.29, 1.82) is 0 Å². The highest BCUT2D eigenvalue weighted by atomic mass is 79.9.